The summed E-state index contributed by atoms with van der Waals surface area (Å²) in [5.41, 5.74) is 1.72. The first-order valence-corrected chi connectivity index (χ1v) is 7.20. The van der Waals surface area contributed by atoms with Gasteiger partial charge in [0.25, 0.3) is 0 Å². The summed E-state index contributed by atoms with van der Waals surface area (Å²) in [5.74, 6) is 3.37. The van der Waals surface area contributed by atoms with Crippen LogP contribution in [-0.4, -0.2) is 32.2 Å². The lowest BCUT2D eigenvalue weighted by atomic mass is 10.3. The molecule has 0 aliphatic carbocycles. The van der Waals surface area contributed by atoms with Gasteiger partial charge in [-0.2, -0.15) is 0 Å². The van der Waals surface area contributed by atoms with Crippen molar-refractivity contribution in [3.63, 3.8) is 0 Å². The molecule has 1 aromatic heterocycles. The molecule has 0 amide bonds. The van der Waals surface area contributed by atoms with Gasteiger partial charge in [-0.15, -0.1) is 0 Å². The van der Waals surface area contributed by atoms with Crippen LogP contribution < -0.4 is 20.1 Å². The largest absolute Gasteiger partial charge is 0.493 e. The summed E-state index contributed by atoms with van der Waals surface area (Å²) in [5, 5.41) is 6.33. The molecular formula is C16H22N4O3. The summed E-state index contributed by atoms with van der Waals surface area (Å²) in [6.07, 6.45) is 0. The minimum Gasteiger partial charge on any atom is -0.493 e. The standard InChI is InChI=1S/C16H22N4O3/c1-10-11(2)23-15(19-10)9-18-16(17-3)20-12-6-7-13(21-4)14(8-12)22-5/h6-8H,9H2,1-5H3,(H2,17,18,20). The summed E-state index contributed by atoms with van der Waals surface area (Å²) in [6.45, 7) is 4.25. The van der Waals surface area contributed by atoms with Gasteiger partial charge < -0.3 is 24.5 Å². The van der Waals surface area contributed by atoms with Crippen LogP contribution in [0.1, 0.15) is 17.3 Å². The van der Waals surface area contributed by atoms with Crippen molar-refractivity contribution in [1.82, 2.24) is 10.3 Å². The summed E-state index contributed by atoms with van der Waals surface area (Å²) in [7, 11) is 4.90. The van der Waals surface area contributed by atoms with E-state index in [0.29, 0.717) is 29.9 Å². The van der Waals surface area contributed by atoms with E-state index >= 15 is 0 Å². The molecule has 23 heavy (non-hydrogen) atoms. The highest BCUT2D eigenvalue weighted by atomic mass is 16.5. The van der Waals surface area contributed by atoms with Crippen LogP contribution in [0.4, 0.5) is 5.69 Å². The number of methoxy groups -OCH3 is 2. The summed E-state index contributed by atoms with van der Waals surface area (Å²) >= 11 is 0. The number of hydrogen-bond donors (Lipinski definition) is 2. The first-order chi connectivity index (χ1) is 11.1. The van der Waals surface area contributed by atoms with Crippen LogP contribution in [0.5, 0.6) is 11.5 Å². The quantitative estimate of drug-likeness (QED) is 0.651. The zero-order valence-electron chi connectivity index (χ0n) is 14.1. The predicted molar refractivity (Wildman–Crippen MR) is 89.3 cm³/mol. The third kappa shape index (κ3) is 4.15. The average molecular weight is 318 g/mol. The second-order valence-corrected chi connectivity index (χ2v) is 4.87. The van der Waals surface area contributed by atoms with Crippen molar-refractivity contribution in [2.75, 3.05) is 26.6 Å². The Morgan fingerprint density at radius 2 is 1.96 bits per heavy atom. The van der Waals surface area contributed by atoms with Crippen LogP contribution in [0.25, 0.3) is 0 Å². The highest BCUT2D eigenvalue weighted by Gasteiger charge is 2.08. The molecule has 2 aromatic rings. The molecule has 0 saturated heterocycles. The number of anilines is 1. The summed E-state index contributed by atoms with van der Waals surface area (Å²) in [6, 6.07) is 5.55. The molecule has 7 nitrogen and oxygen atoms in total. The Morgan fingerprint density at radius 1 is 1.22 bits per heavy atom. The molecule has 7 heteroatoms. The van der Waals surface area contributed by atoms with Crippen LogP contribution in [0.2, 0.25) is 0 Å². The van der Waals surface area contributed by atoms with E-state index < -0.39 is 0 Å². The lowest BCUT2D eigenvalue weighted by molar-refractivity contribution is 0.355. The summed E-state index contributed by atoms with van der Waals surface area (Å²) in [4.78, 5) is 8.50. The Balaban J connectivity index is 2.02. The van der Waals surface area contributed by atoms with Crippen LogP contribution in [0.3, 0.4) is 0 Å². The monoisotopic (exact) mass is 318 g/mol. The first kappa shape index (κ1) is 16.7. The van der Waals surface area contributed by atoms with Gasteiger partial charge in [0.15, 0.2) is 17.5 Å². The van der Waals surface area contributed by atoms with Crippen molar-refractivity contribution in [3.8, 4) is 11.5 Å². The highest BCUT2D eigenvalue weighted by molar-refractivity contribution is 5.93. The van der Waals surface area contributed by atoms with Crippen LogP contribution in [0, 0.1) is 13.8 Å². The third-order valence-corrected chi connectivity index (χ3v) is 3.35. The molecule has 0 radical (unpaired) electrons. The van der Waals surface area contributed by atoms with E-state index in [0.717, 1.165) is 17.1 Å². The Morgan fingerprint density at radius 3 is 2.52 bits per heavy atom. The zero-order valence-corrected chi connectivity index (χ0v) is 14.1. The van der Waals surface area contributed by atoms with Gasteiger partial charge in [-0.1, -0.05) is 0 Å². The van der Waals surface area contributed by atoms with Crippen LogP contribution in [0.15, 0.2) is 27.6 Å². The number of hydrogen-bond acceptors (Lipinski definition) is 5. The van der Waals surface area contributed by atoms with Crippen molar-refractivity contribution in [3.05, 3.63) is 35.5 Å². The molecule has 0 spiro atoms. The molecule has 2 N–H and O–H groups in total. The number of benzene rings is 1. The zero-order chi connectivity index (χ0) is 16.8. The number of nitrogens with one attached hydrogen (secondary N) is 2. The minimum absolute atomic E-state index is 0.446. The van der Waals surface area contributed by atoms with Gasteiger partial charge in [-0.25, -0.2) is 4.98 Å². The maximum atomic E-state index is 5.53. The van der Waals surface area contributed by atoms with Gasteiger partial charge in [0, 0.05) is 18.8 Å². The number of guanidine groups is 1. The molecule has 0 saturated carbocycles. The second kappa shape index (κ2) is 7.53. The van der Waals surface area contributed by atoms with E-state index in [2.05, 4.69) is 20.6 Å². The Bertz CT molecular complexity index is 675. The van der Waals surface area contributed by atoms with Gasteiger partial charge in [0.1, 0.15) is 5.76 Å². The van der Waals surface area contributed by atoms with Crippen molar-refractivity contribution >= 4 is 11.6 Å². The molecule has 0 aliphatic rings. The number of nitrogens with zero attached hydrogens (tertiary/aromatic N) is 2. The fourth-order valence-electron chi connectivity index (χ4n) is 2.00. The van der Waals surface area contributed by atoms with Crippen molar-refractivity contribution < 1.29 is 13.9 Å². The van der Waals surface area contributed by atoms with Crippen LogP contribution in [-0.2, 0) is 6.54 Å². The maximum Gasteiger partial charge on any atom is 0.214 e. The smallest absolute Gasteiger partial charge is 0.214 e. The Hall–Kier alpha value is -2.70. The SMILES string of the molecule is CN=C(NCc1nc(C)c(C)o1)Nc1ccc(OC)c(OC)c1. The fourth-order valence-corrected chi connectivity index (χ4v) is 2.00. The summed E-state index contributed by atoms with van der Waals surface area (Å²) < 4.78 is 16.0. The molecule has 2 rings (SSSR count). The van der Waals surface area contributed by atoms with E-state index in [-0.39, 0.29) is 0 Å². The van der Waals surface area contributed by atoms with E-state index in [1.54, 1.807) is 21.3 Å². The molecule has 0 bridgehead atoms. The van der Waals surface area contributed by atoms with Gasteiger partial charge in [0.05, 0.1) is 26.5 Å². The van der Waals surface area contributed by atoms with Gasteiger partial charge in [-0.3, -0.25) is 4.99 Å². The average Bonchev–Trinajstić information content (AvgIpc) is 2.89. The van der Waals surface area contributed by atoms with Crippen molar-refractivity contribution in [2.24, 2.45) is 4.99 Å². The van der Waals surface area contributed by atoms with Gasteiger partial charge in [0.2, 0.25) is 5.89 Å². The van der Waals surface area contributed by atoms with E-state index in [9.17, 15) is 0 Å². The number of aliphatic imine (C=N–C) groups is 1. The van der Waals surface area contributed by atoms with Crippen molar-refractivity contribution in [1.29, 1.82) is 0 Å². The van der Waals surface area contributed by atoms with Gasteiger partial charge in [-0.05, 0) is 26.0 Å². The lowest BCUT2D eigenvalue weighted by Crippen LogP contribution is -2.30. The predicted octanol–water partition coefficient (Wildman–Crippen LogP) is 2.50. The fraction of sp³-hybridized carbons (Fsp3) is 0.375. The number of oxazole rings is 1. The molecule has 1 aromatic carbocycles. The topological polar surface area (TPSA) is 80.9 Å². The normalized spacial score (nSPS) is 11.3. The lowest BCUT2D eigenvalue weighted by Gasteiger charge is -2.13. The number of ether oxygens (including phenoxy) is 2. The molecule has 0 aliphatic heterocycles. The molecule has 0 fully saturated rings. The van der Waals surface area contributed by atoms with Gasteiger partial charge >= 0.3 is 0 Å². The Kier molecular flexibility index (Phi) is 5.46. The van der Waals surface area contributed by atoms with E-state index in [1.165, 1.54) is 0 Å². The van der Waals surface area contributed by atoms with Crippen LogP contribution >= 0.6 is 0 Å². The molecule has 0 unspecified atom stereocenters. The third-order valence-electron chi connectivity index (χ3n) is 3.35. The number of rotatable bonds is 5. The van der Waals surface area contributed by atoms with Crippen molar-refractivity contribution in [2.45, 2.75) is 20.4 Å². The van der Waals surface area contributed by atoms with E-state index in [1.807, 2.05) is 32.0 Å². The Labute approximate surface area is 135 Å². The molecular weight excluding hydrogens is 296 g/mol. The maximum absolute atomic E-state index is 5.53. The first-order valence-electron chi connectivity index (χ1n) is 7.20. The molecule has 0 atom stereocenters. The molecule has 1 heterocycles. The number of aromatic nitrogens is 1. The highest BCUT2D eigenvalue weighted by Crippen LogP contribution is 2.29. The number of aryl methyl sites for hydroxylation is 2. The molecule has 124 valence electrons. The minimum atomic E-state index is 0.446. The van der Waals surface area contributed by atoms with E-state index in [4.69, 9.17) is 13.9 Å². The second-order valence-electron chi connectivity index (χ2n) is 4.87.